The highest BCUT2D eigenvalue weighted by molar-refractivity contribution is 5.35. The van der Waals surface area contributed by atoms with Crippen molar-refractivity contribution >= 4 is 0 Å². The van der Waals surface area contributed by atoms with Gasteiger partial charge in [0.15, 0.2) is 0 Å². The van der Waals surface area contributed by atoms with E-state index in [-0.39, 0.29) is 0 Å². The molecule has 0 unspecified atom stereocenters. The van der Waals surface area contributed by atoms with Gasteiger partial charge in [0, 0.05) is 6.42 Å². The fourth-order valence-electron chi connectivity index (χ4n) is 1.00. The van der Waals surface area contributed by atoms with Gasteiger partial charge in [0.2, 0.25) is 0 Å². The molecule has 0 saturated heterocycles. The van der Waals surface area contributed by atoms with Crippen LogP contribution in [0, 0.1) is 20.3 Å². The van der Waals surface area contributed by atoms with E-state index in [0.717, 1.165) is 0 Å². The normalized spacial score (nSPS) is 9.64. The second kappa shape index (κ2) is 3.38. The monoisotopic (exact) mass is 145 g/mol. The Morgan fingerprint density at radius 3 is 2.45 bits per heavy atom. The van der Waals surface area contributed by atoms with Gasteiger partial charge in [0.1, 0.15) is 0 Å². The van der Waals surface area contributed by atoms with Crippen molar-refractivity contribution in [1.82, 2.24) is 0 Å². The van der Waals surface area contributed by atoms with Crippen molar-refractivity contribution in [2.24, 2.45) is 0 Å². The average Bonchev–Trinajstić information content (AvgIpc) is 1.98. The maximum atomic E-state index is 3.65. The molecule has 1 aromatic carbocycles. The fourth-order valence-corrected chi connectivity index (χ4v) is 1.00. The SMILES string of the molecule is C=C[CH]c1ccc(C)c(C)c1. The smallest absolute Gasteiger partial charge is 0.0119 e. The van der Waals surface area contributed by atoms with Gasteiger partial charge in [0.25, 0.3) is 0 Å². The number of hydrogen-bond acceptors (Lipinski definition) is 0. The van der Waals surface area contributed by atoms with E-state index in [1.807, 2.05) is 12.5 Å². The van der Waals surface area contributed by atoms with E-state index in [9.17, 15) is 0 Å². The fraction of sp³-hybridized carbons (Fsp3) is 0.182. The van der Waals surface area contributed by atoms with Crippen LogP contribution >= 0.6 is 0 Å². The van der Waals surface area contributed by atoms with Crippen molar-refractivity contribution in [1.29, 1.82) is 0 Å². The van der Waals surface area contributed by atoms with Gasteiger partial charge in [-0.1, -0.05) is 24.3 Å². The van der Waals surface area contributed by atoms with Gasteiger partial charge in [-0.05, 0) is 30.5 Å². The molecule has 57 valence electrons. The molecule has 0 N–H and O–H groups in total. The Balaban J connectivity index is 2.95. The topological polar surface area (TPSA) is 0 Å². The highest BCUT2D eigenvalue weighted by Crippen LogP contribution is 2.11. The summed E-state index contributed by atoms with van der Waals surface area (Å²) in [5.41, 5.74) is 3.90. The third-order valence-electron chi connectivity index (χ3n) is 1.84. The Morgan fingerprint density at radius 1 is 1.18 bits per heavy atom. The Hall–Kier alpha value is -1.04. The molecule has 0 aliphatic carbocycles. The third kappa shape index (κ3) is 1.94. The summed E-state index contributed by atoms with van der Waals surface area (Å²) in [4.78, 5) is 0. The van der Waals surface area contributed by atoms with E-state index in [1.165, 1.54) is 16.7 Å². The van der Waals surface area contributed by atoms with Crippen LogP contribution in [0.2, 0.25) is 0 Å². The zero-order valence-corrected chi connectivity index (χ0v) is 7.09. The largest absolute Gasteiger partial charge is 0.102 e. The first-order valence-electron chi connectivity index (χ1n) is 3.77. The number of allylic oxidation sites excluding steroid dienone is 1. The van der Waals surface area contributed by atoms with Crippen molar-refractivity contribution in [3.05, 3.63) is 54.0 Å². The average molecular weight is 145 g/mol. The van der Waals surface area contributed by atoms with Crippen molar-refractivity contribution in [2.75, 3.05) is 0 Å². The molecule has 1 aromatic rings. The first-order valence-corrected chi connectivity index (χ1v) is 3.77. The van der Waals surface area contributed by atoms with E-state index in [0.29, 0.717) is 0 Å². The molecule has 0 amide bonds. The highest BCUT2D eigenvalue weighted by atomic mass is 14.0. The van der Waals surface area contributed by atoms with Gasteiger partial charge in [0.05, 0.1) is 0 Å². The molecule has 0 aliphatic rings. The van der Waals surface area contributed by atoms with Crippen LogP contribution in [0.4, 0.5) is 0 Å². The summed E-state index contributed by atoms with van der Waals surface area (Å²) >= 11 is 0. The minimum atomic E-state index is 1.23. The van der Waals surface area contributed by atoms with E-state index in [4.69, 9.17) is 0 Å². The van der Waals surface area contributed by atoms with Crippen LogP contribution in [0.5, 0.6) is 0 Å². The van der Waals surface area contributed by atoms with Gasteiger partial charge in [-0.25, -0.2) is 0 Å². The van der Waals surface area contributed by atoms with Crippen LogP contribution in [-0.2, 0) is 0 Å². The number of hydrogen-bond donors (Lipinski definition) is 0. The Bertz CT molecular complexity index is 259. The molecule has 0 saturated carbocycles. The zero-order chi connectivity index (χ0) is 8.27. The maximum Gasteiger partial charge on any atom is 0.0119 e. The molecule has 0 aliphatic heterocycles. The van der Waals surface area contributed by atoms with Gasteiger partial charge in [-0.2, -0.15) is 0 Å². The lowest BCUT2D eigenvalue weighted by Gasteiger charge is -2.01. The molecule has 0 heteroatoms. The van der Waals surface area contributed by atoms with Crippen molar-refractivity contribution in [3.63, 3.8) is 0 Å². The van der Waals surface area contributed by atoms with Gasteiger partial charge in [-0.3, -0.25) is 0 Å². The second-order valence-corrected chi connectivity index (χ2v) is 2.75. The molecule has 11 heavy (non-hydrogen) atoms. The molecular formula is C11H13. The quantitative estimate of drug-likeness (QED) is 0.600. The minimum absolute atomic E-state index is 1.23. The standard InChI is InChI=1S/C11H13/c1-4-5-11-7-6-9(2)10(3)8-11/h4-8H,1H2,2-3H3. The van der Waals surface area contributed by atoms with Crippen LogP contribution in [0.15, 0.2) is 30.9 Å². The Kier molecular flexibility index (Phi) is 2.48. The minimum Gasteiger partial charge on any atom is -0.102 e. The summed E-state index contributed by atoms with van der Waals surface area (Å²) in [6.45, 7) is 7.89. The molecule has 1 rings (SSSR count). The zero-order valence-electron chi connectivity index (χ0n) is 7.09. The molecule has 0 fully saturated rings. The van der Waals surface area contributed by atoms with Crippen LogP contribution in [0.1, 0.15) is 16.7 Å². The summed E-state index contributed by atoms with van der Waals surface area (Å²) in [6, 6.07) is 6.39. The Labute approximate surface area is 68.6 Å². The van der Waals surface area contributed by atoms with E-state index < -0.39 is 0 Å². The molecular weight excluding hydrogens is 132 g/mol. The van der Waals surface area contributed by atoms with Crippen LogP contribution in [0.25, 0.3) is 0 Å². The highest BCUT2D eigenvalue weighted by Gasteiger charge is 1.93. The molecule has 1 radical (unpaired) electrons. The maximum absolute atomic E-state index is 3.65. The van der Waals surface area contributed by atoms with Crippen molar-refractivity contribution < 1.29 is 0 Å². The number of rotatable bonds is 2. The summed E-state index contributed by atoms with van der Waals surface area (Å²) in [5.74, 6) is 0. The van der Waals surface area contributed by atoms with Crippen LogP contribution in [-0.4, -0.2) is 0 Å². The van der Waals surface area contributed by atoms with Crippen LogP contribution < -0.4 is 0 Å². The predicted molar refractivity (Wildman–Crippen MR) is 49.5 cm³/mol. The molecule has 0 heterocycles. The van der Waals surface area contributed by atoms with E-state index in [1.54, 1.807) is 0 Å². The molecule has 0 spiro atoms. The van der Waals surface area contributed by atoms with Gasteiger partial charge < -0.3 is 0 Å². The van der Waals surface area contributed by atoms with Crippen LogP contribution in [0.3, 0.4) is 0 Å². The van der Waals surface area contributed by atoms with Gasteiger partial charge >= 0.3 is 0 Å². The first-order chi connectivity index (χ1) is 5.24. The Morgan fingerprint density at radius 2 is 1.91 bits per heavy atom. The second-order valence-electron chi connectivity index (χ2n) is 2.75. The number of aryl methyl sites for hydroxylation is 2. The predicted octanol–water partition coefficient (Wildman–Crippen LogP) is 3.04. The molecule has 0 atom stereocenters. The van der Waals surface area contributed by atoms with Crippen molar-refractivity contribution in [3.8, 4) is 0 Å². The summed E-state index contributed by atoms with van der Waals surface area (Å²) < 4.78 is 0. The lowest BCUT2D eigenvalue weighted by Crippen LogP contribution is -1.83. The molecule has 0 nitrogen and oxygen atoms in total. The van der Waals surface area contributed by atoms with Gasteiger partial charge in [-0.15, -0.1) is 6.58 Å². The summed E-state index contributed by atoms with van der Waals surface area (Å²) in [5, 5.41) is 0. The summed E-state index contributed by atoms with van der Waals surface area (Å²) in [7, 11) is 0. The lowest BCUT2D eigenvalue weighted by atomic mass is 10.0. The van der Waals surface area contributed by atoms with Crippen molar-refractivity contribution in [2.45, 2.75) is 13.8 Å². The van der Waals surface area contributed by atoms with E-state index in [2.05, 4.69) is 38.6 Å². The summed E-state index contributed by atoms with van der Waals surface area (Å²) in [6.07, 6.45) is 3.82. The molecule has 0 aromatic heterocycles. The number of benzene rings is 1. The first kappa shape index (κ1) is 8.06. The third-order valence-corrected chi connectivity index (χ3v) is 1.84. The molecule has 0 bridgehead atoms. The lowest BCUT2D eigenvalue weighted by molar-refractivity contribution is 1.31. The van der Waals surface area contributed by atoms with E-state index >= 15 is 0 Å².